The van der Waals surface area contributed by atoms with Crippen LogP contribution in [0.4, 0.5) is 0 Å². The Labute approximate surface area is 134 Å². The minimum atomic E-state index is -0.0789. The molecular weight excluding hydrogens is 302 g/mol. The van der Waals surface area contributed by atoms with Gasteiger partial charge in [-0.05, 0) is 26.0 Å². The highest BCUT2D eigenvalue weighted by molar-refractivity contribution is 6.32. The summed E-state index contributed by atoms with van der Waals surface area (Å²) in [4.78, 5) is 14.5. The molecule has 7 heteroatoms. The normalized spacial score (nSPS) is 18.5. The summed E-state index contributed by atoms with van der Waals surface area (Å²) < 4.78 is 1.61. The Morgan fingerprint density at radius 2 is 2.18 bits per heavy atom. The topological polar surface area (TPSA) is 63.1 Å². The zero-order valence-corrected chi connectivity index (χ0v) is 13.3. The third-order valence-electron chi connectivity index (χ3n) is 3.94. The van der Waals surface area contributed by atoms with Crippen molar-refractivity contribution in [2.75, 3.05) is 19.6 Å². The fourth-order valence-corrected chi connectivity index (χ4v) is 2.87. The van der Waals surface area contributed by atoms with Gasteiger partial charge in [0.1, 0.15) is 0 Å². The van der Waals surface area contributed by atoms with Crippen LogP contribution in [0.1, 0.15) is 23.1 Å². The summed E-state index contributed by atoms with van der Waals surface area (Å²) in [6.45, 7) is 6.14. The molecule has 0 spiro atoms. The quantitative estimate of drug-likeness (QED) is 0.914. The number of carbonyl (C=O) groups excluding carboxylic acids is 1. The van der Waals surface area contributed by atoms with Gasteiger partial charge >= 0.3 is 0 Å². The molecule has 2 heterocycles. The molecule has 1 amide bonds. The van der Waals surface area contributed by atoms with Crippen molar-refractivity contribution in [1.29, 1.82) is 0 Å². The summed E-state index contributed by atoms with van der Waals surface area (Å²) >= 11 is 6.20. The van der Waals surface area contributed by atoms with Gasteiger partial charge in [0, 0.05) is 25.7 Å². The van der Waals surface area contributed by atoms with E-state index < -0.39 is 0 Å². The summed E-state index contributed by atoms with van der Waals surface area (Å²) in [5, 5.41) is 12.0. The summed E-state index contributed by atoms with van der Waals surface area (Å²) in [7, 11) is 0. The van der Waals surface area contributed by atoms with Crippen molar-refractivity contribution in [3.05, 3.63) is 40.7 Å². The fraction of sp³-hybridized carbons (Fsp3) is 0.400. The van der Waals surface area contributed by atoms with Crippen LogP contribution in [0, 0.1) is 6.92 Å². The number of piperazine rings is 1. The molecule has 116 valence electrons. The number of benzene rings is 1. The molecule has 1 atom stereocenters. The molecule has 1 saturated heterocycles. The lowest BCUT2D eigenvalue weighted by Crippen LogP contribution is -2.52. The number of rotatable bonds is 2. The Balaban J connectivity index is 1.94. The second-order valence-corrected chi connectivity index (χ2v) is 5.85. The average molecular weight is 320 g/mol. The number of nitrogens with zero attached hydrogens (tertiary/aromatic N) is 4. The molecular formula is C15H18ClN5O. The van der Waals surface area contributed by atoms with Gasteiger partial charge in [0.2, 0.25) is 0 Å². The molecule has 1 aromatic carbocycles. The van der Waals surface area contributed by atoms with Gasteiger partial charge in [-0.25, -0.2) is 4.68 Å². The second-order valence-electron chi connectivity index (χ2n) is 5.44. The van der Waals surface area contributed by atoms with E-state index in [0.717, 1.165) is 18.8 Å². The maximum Gasteiger partial charge on any atom is 0.276 e. The highest BCUT2D eigenvalue weighted by atomic mass is 35.5. The van der Waals surface area contributed by atoms with Crippen LogP contribution in [0.5, 0.6) is 0 Å². The summed E-state index contributed by atoms with van der Waals surface area (Å²) in [5.41, 5.74) is 1.80. The second kappa shape index (κ2) is 6.06. The van der Waals surface area contributed by atoms with Crippen LogP contribution in [0.25, 0.3) is 5.69 Å². The first kappa shape index (κ1) is 15.0. The Kier molecular flexibility index (Phi) is 4.13. The molecule has 1 aliphatic heterocycles. The summed E-state index contributed by atoms with van der Waals surface area (Å²) in [6, 6.07) is 7.52. The molecule has 22 heavy (non-hydrogen) atoms. The van der Waals surface area contributed by atoms with E-state index in [0.29, 0.717) is 23.0 Å². The lowest BCUT2D eigenvalue weighted by Gasteiger charge is -2.33. The number of nitrogens with one attached hydrogen (secondary N) is 1. The number of amides is 1. The molecule has 0 saturated carbocycles. The van der Waals surface area contributed by atoms with E-state index in [1.807, 2.05) is 36.9 Å². The zero-order valence-electron chi connectivity index (χ0n) is 12.6. The molecule has 3 rings (SSSR count). The predicted octanol–water partition coefficient (Wildman–Crippen LogP) is 1.66. The molecule has 0 unspecified atom stereocenters. The molecule has 1 aliphatic rings. The zero-order chi connectivity index (χ0) is 15.7. The van der Waals surface area contributed by atoms with Crippen molar-refractivity contribution in [2.45, 2.75) is 19.9 Å². The van der Waals surface area contributed by atoms with Crippen molar-refractivity contribution in [3.63, 3.8) is 0 Å². The van der Waals surface area contributed by atoms with Gasteiger partial charge in [-0.1, -0.05) is 28.9 Å². The minimum absolute atomic E-state index is 0.0789. The van der Waals surface area contributed by atoms with Crippen molar-refractivity contribution >= 4 is 17.5 Å². The van der Waals surface area contributed by atoms with E-state index >= 15 is 0 Å². The Morgan fingerprint density at radius 3 is 2.91 bits per heavy atom. The van der Waals surface area contributed by atoms with Gasteiger partial charge < -0.3 is 10.2 Å². The van der Waals surface area contributed by atoms with Gasteiger partial charge in [-0.15, -0.1) is 5.10 Å². The smallest absolute Gasteiger partial charge is 0.276 e. The molecule has 1 fully saturated rings. The third kappa shape index (κ3) is 2.60. The molecule has 0 bridgehead atoms. The molecule has 0 aliphatic carbocycles. The monoisotopic (exact) mass is 319 g/mol. The van der Waals surface area contributed by atoms with E-state index in [-0.39, 0.29) is 11.9 Å². The van der Waals surface area contributed by atoms with E-state index in [4.69, 9.17) is 11.6 Å². The number of hydrogen-bond donors (Lipinski definition) is 1. The minimum Gasteiger partial charge on any atom is -0.332 e. The molecule has 1 aromatic heterocycles. The largest absolute Gasteiger partial charge is 0.332 e. The first-order chi connectivity index (χ1) is 10.6. The number of carbonyl (C=O) groups is 1. The van der Waals surface area contributed by atoms with Crippen molar-refractivity contribution < 1.29 is 4.79 Å². The molecule has 0 radical (unpaired) electrons. The molecule has 2 aromatic rings. The van der Waals surface area contributed by atoms with Crippen molar-refractivity contribution in [1.82, 2.24) is 25.2 Å². The SMILES string of the molecule is Cc1c(C(=O)N2CCNC[C@H]2C)nnn1-c1ccccc1Cl. The fourth-order valence-electron chi connectivity index (χ4n) is 2.66. The van der Waals surface area contributed by atoms with Gasteiger partial charge in [0.15, 0.2) is 5.69 Å². The van der Waals surface area contributed by atoms with Crippen LogP contribution < -0.4 is 5.32 Å². The maximum atomic E-state index is 12.7. The van der Waals surface area contributed by atoms with E-state index in [9.17, 15) is 4.79 Å². The molecule has 1 N–H and O–H groups in total. The lowest BCUT2D eigenvalue weighted by molar-refractivity contribution is 0.0649. The summed E-state index contributed by atoms with van der Waals surface area (Å²) in [5.74, 6) is -0.0789. The Morgan fingerprint density at radius 1 is 1.41 bits per heavy atom. The van der Waals surface area contributed by atoms with Gasteiger partial charge in [0.05, 0.1) is 16.4 Å². The van der Waals surface area contributed by atoms with Crippen molar-refractivity contribution in [3.8, 4) is 5.69 Å². The number of aromatic nitrogens is 3. The first-order valence-corrected chi connectivity index (χ1v) is 7.66. The molecule has 6 nitrogen and oxygen atoms in total. The maximum absolute atomic E-state index is 12.7. The van der Waals surface area contributed by atoms with E-state index in [2.05, 4.69) is 15.6 Å². The third-order valence-corrected chi connectivity index (χ3v) is 4.26. The number of para-hydroxylation sites is 1. The lowest BCUT2D eigenvalue weighted by atomic mass is 10.2. The van der Waals surface area contributed by atoms with Crippen LogP contribution in [0.2, 0.25) is 5.02 Å². The summed E-state index contributed by atoms with van der Waals surface area (Å²) in [6.07, 6.45) is 0. The van der Waals surface area contributed by atoms with Crippen LogP contribution >= 0.6 is 11.6 Å². The van der Waals surface area contributed by atoms with Gasteiger partial charge in [-0.2, -0.15) is 0 Å². The number of hydrogen-bond acceptors (Lipinski definition) is 4. The van der Waals surface area contributed by atoms with Crippen molar-refractivity contribution in [2.24, 2.45) is 0 Å². The number of halogens is 1. The Bertz CT molecular complexity index is 699. The average Bonchev–Trinajstić information content (AvgIpc) is 2.89. The standard InChI is InChI=1S/C15H18ClN5O/c1-10-9-17-7-8-20(10)15(22)14-11(2)21(19-18-14)13-6-4-3-5-12(13)16/h3-6,10,17H,7-9H2,1-2H3/t10-/m1/s1. The van der Waals surface area contributed by atoms with Crippen LogP contribution in [-0.2, 0) is 0 Å². The van der Waals surface area contributed by atoms with Crippen LogP contribution in [-0.4, -0.2) is 51.5 Å². The highest BCUT2D eigenvalue weighted by Gasteiger charge is 2.28. The highest BCUT2D eigenvalue weighted by Crippen LogP contribution is 2.22. The van der Waals surface area contributed by atoms with Crippen LogP contribution in [0.15, 0.2) is 24.3 Å². The van der Waals surface area contributed by atoms with Crippen LogP contribution in [0.3, 0.4) is 0 Å². The first-order valence-electron chi connectivity index (χ1n) is 7.28. The van der Waals surface area contributed by atoms with E-state index in [1.54, 1.807) is 10.7 Å². The predicted molar refractivity (Wildman–Crippen MR) is 84.5 cm³/mol. The van der Waals surface area contributed by atoms with Gasteiger partial charge in [0.25, 0.3) is 5.91 Å². The Hall–Kier alpha value is -1.92. The van der Waals surface area contributed by atoms with Gasteiger partial charge in [-0.3, -0.25) is 4.79 Å². The van der Waals surface area contributed by atoms with E-state index in [1.165, 1.54) is 0 Å².